The van der Waals surface area contributed by atoms with Crippen LogP contribution in [-0.4, -0.2) is 46.5 Å². The average Bonchev–Trinajstić information content (AvgIpc) is 3.31. The predicted molar refractivity (Wildman–Crippen MR) is 125 cm³/mol. The van der Waals surface area contributed by atoms with E-state index >= 15 is 0 Å². The van der Waals surface area contributed by atoms with Crippen molar-refractivity contribution in [2.24, 2.45) is 12.8 Å². The van der Waals surface area contributed by atoms with Crippen molar-refractivity contribution in [3.8, 4) is 10.6 Å². The number of alkyl halides is 3. The number of amides is 1. The molecule has 5 N–H and O–H groups in total. The smallest absolute Gasteiger partial charge is 0.389 e. The lowest BCUT2D eigenvalue weighted by Crippen LogP contribution is -2.37. The fraction of sp³-hybridized carbons (Fsp3) is 0.409. The number of nitrogens with zero attached hydrogens (tertiary/aromatic N) is 3. The Morgan fingerprint density at radius 1 is 1.33 bits per heavy atom. The Bertz CT molecular complexity index is 1260. The van der Waals surface area contributed by atoms with Gasteiger partial charge < -0.3 is 26.3 Å². The minimum Gasteiger partial charge on any atom is -0.389 e. The van der Waals surface area contributed by atoms with Crippen molar-refractivity contribution < 1.29 is 31.8 Å². The zero-order valence-electron chi connectivity index (χ0n) is 19.3. The molecule has 0 aliphatic carbocycles. The summed E-state index contributed by atoms with van der Waals surface area (Å²) < 4.78 is 67.7. The number of carbonyl (C=O) groups is 1. The molecule has 1 aliphatic heterocycles. The van der Waals surface area contributed by atoms with Crippen LogP contribution in [0.25, 0.3) is 10.6 Å². The van der Waals surface area contributed by atoms with Crippen LogP contribution < -0.4 is 16.8 Å². The maximum atomic E-state index is 14.4. The molecule has 194 valence electrons. The summed E-state index contributed by atoms with van der Waals surface area (Å²) >= 11 is 0.586. The summed E-state index contributed by atoms with van der Waals surface area (Å²) in [6.45, 7) is 0.244. The molecule has 3 heterocycles. The van der Waals surface area contributed by atoms with Gasteiger partial charge in [-0.3, -0.25) is 9.48 Å². The van der Waals surface area contributed by atoms with Crippen LogP contribution in [0.3, 0.4) is 0 Å². The van der Waals surface area contributed by atoms with Crippen molar-refractivity contribution in [1.82, 2.24) is 14.8 Å². The van der Waals surface area contributed by atoms with Crippen LogP contribution in [0.5, 0.6) is 0 Å². The van der Waals surface area contributed by atoms with Gasteiger partial charge in [0.2, 0.25) is 0 Å². The number of rotatable bonds is 5. The molecule has 1 unspecified atom stereocenters. The summed E-state index contributed by atoms with van der Waals surface area (Å²) in [5, 5.41) is 6.32. The second-order valence-electron chi connectivity index (χ2n) is 8.25. The van der Waals surface area contributed by atoms with Crippen molar-refractivity contribution in [1.29, 1.82) is 0 Å². The van der Waals surface area contributed by atoms with Crippen LogP contribution >= 0.6 is 11.3 Å². The Morgan fingerprint density at radius 2 is 2.08 bits per heavy atom. The van der Waals surface area contributed by atoms with Gasteiger partial charge in [-0.1, -0.05) is 17.4 Å². The summed E-state index contributed by atoms with van der Waals surface area (Å²) in [5.41, 5.74) is 10.6. The molecule has 3 atom stereocenters. The number of nitrogens with two attached hydrogens (primary N) is 2. The summed E-state index contributed by atoms with van der Waals surface area (Å²) in [7, 11) is 3.23. The van der Waals surface area contributed by atoms with Gasteiger partial charge in [0.05, 0.1) is 41.4 Å². The standard InChI is InChI=1S/C22H24F4N6O3S/c1-32-18(14-7-6-12(27)15(34-2)9-35-14)13(8-29-32)30-20(33)17-19(28)36-21(31-17)16-10(22(24,25)26)4-3-5-11(16)23/h3-5,8,12,14-15H,6-7,9,27-28H2,1-2H3,(H,30,33)/t12?,14-,15-/m0/s1. The highest BCUT2D eigenvalue weighted by atomic mass is 32.1. The zero-order valence-corrected chi connectivity index (χ0v) is 20.1. The number of benzene rings is 1. The molecular formula is C22H24F4N6O3S. The lowest BCUT2D eigenvalue weighted by atomic mass is 10.0. The lowest BCUT2D eigenvalue weighted by Gasteiger charge is -2.19. The molecule has 14 heteroatoms. The molecule has 3 aromatic rings. The highest BCUT2D eigenvalue weighted by Crippen LogP contribution is 2.41. The van der Waals surface area contributed by atoms with E-state index in [4.69, 9.17) is 20.9 Å². The molecule has 0 radical (unpaired) electrons. The summed E-state index contributed by atoms with van der Waals surface area (Å²) in [6, 6.07) is 2.36. The first kappa shape index (κ1) is 26.0. The van der Waals surface area contributed by atoms with Crippen LogP contribution in [0.4, 0.5) is 28.3 Å². The number of nitrogen functional groups attached to an aromatic ring is 1. The summed E-state index contributed by atoms with van der Waals surface area (Å²) in [6.07, 6.45) is -3.00. The first-order valence-corrected chi connectivity index (χ1v) is 11.7. The Labute approximate surface area is 207 Å². The fourth-order valence-electron chi connectivity index (χ4n) is 4.09. The first-order valence-electron chi connectivity index (χ1n) is 10.9. The zero-order chi connectivity index (χ0) is 26.2. The monoisotopic (exact) mass is 528 g/mol. The van der Waals surface area contributed by atoms with Crippen LogP contribution in [0.15, 0.2) is 24.4 Å². The molecule has 1 aliphatic rings. The van der Waals surface area contributed by atoms with Crippen LogP contribution in [-0.2, 0) is 22.7 Å². The van der Waals surface area contributed by atoms with E-state index in [1.54, 1.807) is 18.8 Å². The molecule has 1 aromatic carbocycles. The van der Waals surface area contributed by atoms with E-state index < -0.39 is 35.1 Å². The van der Waals surface area contributed by atoms with Gasteiger partial charge in [-0.05, 0) is 25.0 Å². The number of hydrogen-bond acceptors (Lipinski definition) is 8. The van der Waals surface area contributed by atoms with Crippen molar-refractivity contribution in [2.45, 2.75) is 37.3 Å². The van der Waals surface area contributed by atoms with Gasteiger partial charge in [0.15, 0.2) is 5.69 Å². The summed E-state index contributed by atoms with van der Waals surface area (Å²) in [5.74, 6) is -1.91. The fourth-order valence-corrected chi connectivity index (χ4v) is 4.98. The molecule has 0 saturated carbocycles. The topological polar surface area (TPSA) is 130 Å². The van der Waals surface area contributed by atoms with Crippen LogP contribution in [0.2, 0.25) is 0 Å². The molecule has 0 bridgehead atoms. The van der Waals surface area contributed by atoms with E-state index in [1.807, 2.05) is 0 Å². The molecule has 1 saturated heterocycles. The van der Waals surface area contributed by atoms with Crippen LogP contribution in [0.1, 0.15) is 40.7 Å². The third-order valence-electron chi connectivity index (χ3n) is 5.94. The maximum Gasteiger partial charge on any atom is 0.417 e. The number of aryl methyl sites for hydroxylation is 1. The number of nitrogens with one attached hydrogen (secondary N) is 1. The van der Waals surface area contributed by atoms with E-state index in [1.165, 1.54) is 6.20 Å². The minimum absolute atomic E-state index is 0.163. The van der Waals surface area contributed by atoms with Gasteiger partial charge in [0, 0.05) is 20.2 Å². The normalized spacial score (nSPS) is 20.8. The van der Waals surface area contributed by atoms with E-state index in [9.17, 15) is 22.4 Å². The Kier molecular flexibility index (Phi) is 7.31. The van der Waals surface area contributed by atoms with Gasteiger partial charge in [-0.15, -0.1) is 0 Å². The average molecular weight is 529 g/mol. The third-order valence-corrected chi connectivity index (χ3v) is 6.85. The molecule has 9 nitrogen and oxygen atoms in total. The van der Waals surface area contributed by atoms with Gasteiger partial charge in [-0.2, -0.15) is 18.3 Å². The van der Waals surface area contributed by atoms with E-state index in [-0.39, 0.29) is 34.5 Å². The number of halogens is 4. The second-order valence-corrected chi connectivity index (χ2v) is 9.28. The van der Waals surface area contributed by atoms with Gasteiger partial charge in [0.1, 0.15) is 21.9 Å². The SMILES string of the molecule is CO[C@H]1CO[C@H](c2c(NC(=O)c3nc(-c4c(F)cccc4C(F)(F)F)sc3N)cnn2C)CCC1N. The van der Waals surface area contributed by atoms with E-state index in [0.717, 1.165) is 18.2 Å². The Balaban J connectivity index is 1.61. The quantitative estimate of drug-likeness (QED) is 0.430. The van der Waals surface area contributed by atoms with E-state index in [2.05, 4.69) is 15.4 Å². The molecule has 4 rings (SSSR count). The highest BCUT2D eigenvalue weighted by molar-refractivity contribution is 7.19. The van der Waals surface area contributed by atoms with Crippen molar-refractivity contribution in [3.63, 3.8) is 0 Å². The molecule has 0 spiro atoms. The molecular weight excluding hydrogens is 504 g/mol. The maximum absolute atomic E-state index is 14.4. The number of carbonyl (C=O) groups excluding carboxylic acids is 1. The Morgan fingerprint density at radius 3 is 2.78 bits per heavy atom. The molecule has 1 amide bonds. The highest BCUT2D eigenvalue weighted by Gasteiger charge is 2.36. The minimum atomic E-state index is -4.83. The van der Waals surface area contributed by atoms with Gasteiger partial charge in [-0.25, -0.2) is 9.37 Å². The number of anilines is 2. The predicted octanol–water partition coefficient (Wildman–Crippen LogP) is 3.73. The van der Waals surface area contributed by atoms with Gasteiger partial charge >= 0.3 is 6.18 Å². The molecule has 2 aromatic heterocycles. The Hall–Kier alpha value is -3.07. The molecule has 1 fully saturated rings. The van der Waals surface area contributed by atoms with E-state index in [0.29, 0.717) is 35.6 Å². The molecule has 36 heavy (non-hydrogen) atoms. The largest absolute Gasteiger partial charge is 0.417 e. The van der Waals surface area contributed by atoms with Crippen molar-refractivity contribution in [2.75, 3.05) is 24.8 Å². The van der Waals surface area contributed by atoms with Crippen LogP contribution in [0, 0.1) is 5.82 Å². The number of ether oxygens (including phenoxy) is 2. The van der Waals surface area contributed by atoms with Gasteiger partial charge in [0.25, 0.3) is 5.91 Å². The van der Waals surface area contributed by atoms with Crippen molar-refractivity contribution in [3.05, 3.63) is 47.2 Å². The second kappa shape index (κ2) is 10.1. The number of hydrogen-bond donors (Lipinski definition) is 3. The first-order chi connectivity index (χ1) is 17.0. The van der Waals surface area contributed by atoms with Crippen molar-refractivity contribution >= 4 is 27.9 Å². The number of methoxy groups -OCH3 is 1. The lowest BCUT2D eigenvalue weighted by molar-refractivity contribution is -0.137. The number of thiazole rings is 1. The third kappa shape index (κ3) is 5.07. The number of aromatic nitrogens is 3. The summed E-state index contributed by atoms with van der Waals surface area (Å²) in [4.78, 5) is 17.0.